The van der Waals surface area contributed by atoms with Gasteiger partial charge in [-0.15, -0.1) is 10.0 Å². The summed E-state index contributed by atoms with van der Waals surface area (Å²) in [7, 11) is -4.29. The number of hydrogen-bond acceptors (Lipinski definition) is 2. The van der Waals surface area contributed by atoms with Crippen LogP contribution in [0.2, 0.25) is 0 Å². The molecule has 198 valence electrons. The Kier molecular flexibility index (Phi) is 7.37. The van der Waals surface area contributed by atoms with Crippen LogP contribution in [0.1, 0.15) is 20.7 Å². The van der Waals surface area contributed by atoms with E-state index in [2.05, 4.69) is 0 Å². The number of rotatable bonds is 7. The molecular formula is C25H21F7N2O2S. The number of alkyl halides is 7. The maximum absolute atomic E-state index is 15.1. The number of carbonyl (C=O) groups excluding carboxylic acids is 2. The molecule has 0 bridgehead atoms. The average Bonchev–Trinajstić information content (AvgIpc) is 2.84. The van der Waals surface area contributed by atoms with Crippen LogP contribution >= 0.6 is 10.0 Å². The average molecular weight is 547 g/mol. The van der Waals surface area contributed by atoms with E-state index in [1.54, 1.807) is 6.07 Å². The maximum atomic E-state index is 15.1. The van der Waals surface area contributed by atoms with Gasteiger partial charge < -0.3 is 5.73 Å². The Morgan fingerprint density at radius 2 is 1.30 bits per heavy atom. The van der Waals surface area contributed by atoms with Gasteiger partial charge in [-0.3, -0.25) is 14.5 Å². The van der Waals surface area contributed by atoms with Crippen molar-refractivity contribution >= 4 is 33.2 Å². The second kappa shape index (κ2) is 9.73. The Labute approximate surface area is 209 Å². The maximum Gasteiger partial charge on any atom is 0.460 e. The molecule has 0 aliphatic carbocycles. The fourth-order valence-electron chi connectivity index (χ4n) is 3.57. The quantitative estimate of drug-likeness (QED) is 0.325. The SMILES string of the molecule is CS(C)(c1ccccc1N(C(=O)c1ccccc1)c1cccc(C(N)=O)c1)C(F)(F)C(F)(F)C(F)(F)F. The van der Waals surface area contributed by atoms with E-state index in [4.69, 9.17) is 5.73 Å². The molecule has 3 rings (SSSR count). The van der Waals surface area contributed by atoms with Crippen molar-refractivity contribution in [2.75, 3.05) is 17.4 Å². The Hall–Kier alpha value is -3.54. The molecule has 0 atom stereocenters. The molecule has 0 aliphatic heterocycles. The number of amides is 2. The third-order valence-corrected chi connectivity index (χ3v) is 8.61. The van der Waals surface area contributed by atoms with Crippen LogP contribution in [-0.4, -0.2) is 41.7 Å². The molecule has 0 fully saturated rings. The zero-order valence-corrected chi connectivity index (χ0v) is 20.2. The number of nitrogens with zero attached hydrogens (tertiary/aromatic N) is 1. The number of hydrogen-bond donors (Lipinski definition) is 1. The van der Waals surface area contributed by atoms with E-state index in [-0.39, 0.29) is 22.5 Å². The normalized spacial score (nSPS) is 13.2. The van der Waals surface area contributed by atoms with Crippen molar-refractivity contribution in [1.29, 1.82) is 0 Å². The first kappa shape index (κ1) is 28.0. The predicted molar refractivity (Wildman–Crippen MR) is 128 cm³/mol. The number of carbonyl (C=O) groups is 2. The van der Waals surface area contributed by atoms with Gasteiger partial charge in [0.05, 0.1) is 11.4 Å². The first-order valence-electron chi connectivity index (χ1n) is 10.5. The van der Waals surface area contributed by atoms with Crippen molar-refractivity contribution in [3.63, 3.8) is 0 Å². The topological polar surface area (TPSA) is 63.4 Å². The summed E-state index contributed by atoms with van der Waals surface area (Å²) < 4.78 is 97.6. The third-order valence-electron chi connectivity index (χ3n) is 5.63. The van der Waals surface area contributed by atoms with Gasteiger partial charge in [0.15, 0.2) is 0 Å². The van der Waals surface area contributed by atoms with Crippen molar-refractivity contribution in [2.45, 2.75) is 22.2 Å². The summed E-state index contributed by atoms with van der Waals surface area (Å²) in [5, 5.41) is -5.55. The van der Waals surface area contributed by atoms with Crippen LogP contribution in [-0.2, 0) is 0 Å². The lowest BCUT2D eigenvalue weighted by Crippen LogP contribution is -2.54. The highest BCUT2D eigenvalue weighted by molar-refractivity contribution is 8.33. The lowest BCUT2D eigenvalue weighted by Gasteiger charge is -2.45. The molecule has 3 aromatic rings. The van der Waals surface area contributed by atoms with Crippen LogP contribution in [0.15, 0.2) is 83.8 Å². The molecule has 0 aromatic heterocycles. The molecule has 37 heavy (non-hydrogen) atoms. The van der Waals surface area contributed by atoms with Crippen LogP contribution in [0.25, 0.3) is 0 Å². The van der Waals surface area contributed by atoms with Gasteiger partial charge in [0.2, 0.25) is 5.91 Å². The smallest absolute Gasteiger partial charge is 0.366 e. The summed E-state index contributed by atoms with van der Waals surface area (Å²) in [6.45, 7) is 0. The molecule has 0 saturated heterocycles. The van der Waals surface area contributed by atoms with Gasteiger partial charge in [0, 0.05) is 16.0 Å². The third kappa shape index (κ3) is 4.89. The monoisotopic (exact) mass is 546 g/mol. The molecule has 3 aromatic carbocycles. The van der Waals surface area contributed by atoms with Gasteiger partial charge in [0.1, 0.15) is 0 Å². The zero-order valence-electron chi connectivity index (χ0n) is 19.4. The van der Waals surface area contributed by atoms with Crippen LogP contribution in [0, 0.1) is 0 Å². The summed E-state index contributed by atoms with van der Waals surface area (Å²) in [6, 6.07) is 17.3. The molecule has 2 amide bonds. The minimum atomic E-state index is -6.52. The molecule has 0 radical (unpaired) electrons. The Morgan fingerprint density at radius 3 is 1.86 bits per heavy atom. The van der Waals surface area contributed by atoms with Gasteiger partial charge >= 0.3 is 17.4 Å². The highest BCUT2D eigenvalue weighted by Crippen LogP contribution is 2.70. The van der Waals surface area contributed by atoms with Gasteiger partial charge in [0.25, 0.3) is 5.91 Å². The highest BCUT2D eigenvalue weighted by Gasteiger charge is 2.76. The number of halogens is 7. The molecular weight excluding hydrogens is 525 g/mol. The van der Waals surface area contributed by atoms with Crippen LogP contribution in [0.5, 0.6) is 0 Å². The fourth-order valence-corrected chi connectivity index (χ4v) is 5.70. The fraction of sp³-hybridized carbons (Fsp3) is 0.200. The Morgan fingerprint density at radius 1 is 0.757 bits per heavy atom. The van der Waals surface area contributed by atoms with E-state index in [1.807, 2.05) is 0 Å². The van der Waals surface area contributed by atoms with E-state index >= 15 is 8.78 Å². The molecule has 0 heterocycles. The summed E-state index contributed by atoms with van der Waals surface area (Å²) in [5.41, 5.74) is 4.94. The van der Waals surface area contributed by atoms with E-state index in [0.29, 0.717) is 12.5 Å². The highest BCUT2D eigenvalue weighted by atomic mass is 32.3. The van der Waals surface area contributed by atoms with E-state index < -0.39 is 44.1 Å². The van der Waals surface area contributed by atoms with Crippen LogP contribution < -0.4 is 10.6 Å². The van der Waals surface area contributed by atoms with Crippen molar-refractivity contribution < 1.29 is 40.3 Å². The Balaban J connectivity index is 2.31. The number of nitrogens with two attached hydrogens (primary N) is 1. The summed E-state index contributed by atoms with van der Waals surface area (Å²) >= 11 is 0. The number of para-hydroxylation sites is 1. The van der Waals surface area contributed by atoms with Crippen LogP contribution in [0.4, 0.5) is 42.1 Å². The van der Waals surface area contributed by atoms with Gasteiger partial charge in [-0.1, -0.05) is 36.4 Å². The first-order valence-corrected chi connectivity index (χ1v) is 12.9. The summed E-state index contributed by atoms with van der Waals surface area (Å²) in [4.78, 5) is 25.7. The Bertz CT molecular complexity index is 1310. The van der Waals surface area contributed by atoms with Crippen molar-refractivity contribution in [2.24, 2.45) is 5.73 Å². The second-order valence-electron chi connectivity index (χ2n) is 8.30. The predicted octanol–water partition coefficient (Wildman–Crippen LogP) is 6.98. The van der Waals surface area contributed by atoms with Gasteiger partial charge in [-0.25, -0.2) is 0 Å². The van der Waals surface area contributed by atoms with Crippen molar-refractivity contribution in [3.05, 3.63) is 90.0 Å². The second-order valence-corrected chi connectivity index (χ2v) is 11.9. The zero-order chi connectivity index (χ0) is 27.8. The summed E-state index contributed by atoms with van der Waals surface area (Å²) in [6.07, 6.45) is -5.28. The van der Waals surface area contributed by atoms with Crippen LogP contribution in [0.3, 0.4) is 0 Å². The number of benzene rings is 3. The number of anilines is 2. The molecule has 4 nitrogen and oxygen atoms in total. The molecule has 12 heteroatoms. The molecule has 0 unspecified atom stereocenters. The van der Waals surface area contributed by atoms with Crippen molar-refractivity contribution in [3.8, 4) is 0 Å². The number of primary amides is 1. The minimum absolute atomic E-state index is 0.0429. The lowest BCUT2D eigenvalue weighted by atomic mass is 10.1. The molecule has 0 spiro atoms. The summed E-state index contributed by atoms with van der Waals surface area (Å²) in [5.74, 6) is -8.04. The molecule has 0 saturated carbocycles. The first-order chi connectivity index (χ1) is 17.0. The van der Waals surface area contributed by atoms with Crippen molar-refractivity contribution in [1.82, 2.24) is 0 Å². The molecule has 0 aliphatic rings. The van der Waals surface area contributed by atoms with Gasteiger partial charge in [-0.2, -0.15) is 30.7 Å². The largest absolute Gasteiger partial charge is 0.460 e. The minimum Gasteiger partial charge on any atom is -0.366 e. The standard InChI is InChI=1S/C25H21F7N2O2S/c1-37(2,25(31,32)23(26,27)24(28,29)30)20-14-7-6-13-19(20)34(22(36)16-9-4-3-5-10-16)18-12-8-11-17(15-18)21(33)35/h3-15H,1-2H3,(H2,33,35). The van der Waals surface area contributed by atoms with Gasteiger partial charge in [-0.05, 0) is 55.0 Å². The van der Waals surface area contributed by atoms with E-state index in [0.717, 1.165) is 17.0 Å². The lowest BCUT2D eigenvalue weighted by molar-refractivity contribution is -0.331. The van der Waals surface area contributed by atoms with E-state index in [9.17, 15) is 31.5 Å². The van der Waals surface area contributed by atoms with E-state index in [1.165, 1.54) is 60.7 Å². The molecule has 2 N–H and O–H groups in total.